The predicted molar refractivity (Wildman–Crippen MR) is 77.0 cm³/mol. The standard InChI is InChI=1S/C14H24N4O/c1-9(2)14-17-12(15)7-13(18-14)16-11-6-4-3-5-10(11)8-19/h7,9-11,19H,3-6,8H2,1-2H3,(H3,15,16,17,18). The van der Waals surface area contributed by atoms with Gasteiger partial charge in [0.2, 0.25) is 0 Å². The molecule has 0 radical (unpaired) electrons. The van der Waals surface area contributed by atoms with Crippen LogP contribution in [0.1, 0.15) is 51.3 Å². The van der Waals surface area contributed by atoms with Gasteiger partial charge in [-0.25, -0.2) is 9.97 Å². The second kappa shape index (κ2) is 6.19. The van der Waals surface area contributed by atoms with Gasteiger partial charge < -0.3 is 16.2 Å². The average molecular weight is 264 g/mol. The molecule has 2 unspecified atom stereocenters. The normalized spacial score (nSPS) is 23.6. The zero-order valence-corrected chi connectivity index (χ0v) is 11.8. The Kier molecular flexibility index (Phi) is 4.58. The molecule has 1 aliphatic carbocycles. The summed E-state index contributed by atoms with van der Waals surface area (Å²) in [6.07, 6.45) is 4.55. The van der Waals surface area contributed by atoms with Crippen molar-refractivity contribution in [1.82, 2.24) is 9.97 Å². The van der Waals surface area contributed by atoms with E-state index in [1.54, 1.807) is 6.07 Å². The minimum atomic E-state index is 0.231. The van der Waals surface area contributed by atoms with Crippen molar-refractivity contribution in [1.29, 1.82) is 0 Å². The third kappa shape index (κ3) is 3.56. The quantitative estimate of drug-likeness (QED) is 0.776. The monoisotopic (exact) mass is 264 g/mol. The topological polar surface area (TPSA) is 84.1 Å². The fourth-order valence-corrected chi connectivity index (χ4v) is 2.62. The van der Waals surface area contributed by atoms with Crippen LogP contribution in [0.4, 0.5) is 11.6 Å². The molecule has 5 nitrogen and oxygen atoms in total. The van der Waals surface area contributed by atoms with E-state index in [9.17, 15) is 5.11 Å². The summed E-state index contributed by atoms with van der Waals surface area (Å²) in [5, 5.41) is 12.9. The number of nitrogens with one attached hydrogen (secondary N) is 1. The Bertz CT molecular complexity index is 422. The molecule has 106 valence electrons. The Morgan fingerprint density at radius 1 is 1.37 bits per heavy atom. The lowest BCUT2D eigenvalue weighted by Crippen LogP contribution is -2.34. The number of anilines is 2. The minimum Gasteiger partial charge on any atom is -0.396 e. The van der Waals surface area contributed by atoms with Gasteiger partial charge in [-0.05, 0) is 12.8 Å². The van der Waals surface area contributed by atoms with Gasteiger partial charge in [0.1, 0.15) is 17.5 Å². The molecule has 4 N–H and O–H groups in total. The van der Waals surface area contributed by atoms with Crippen molar-refractivity contribution in [2.45, 2.75) is 51.5 Å². The van der Waals surface area contributed by atoms with Gasteiger partial charge >= 0.3 is 0 Å². The van der Waals surface area contributed by atoms with E-state index in [0.29, 0.717) is 11.7 Å². The molecule has 5 heteroatoms. The molecule has 0 spiro atoms. The number of nitrogens with two attached hydrogens (primary N) is 1. The van der Waals surface area contributed by atoms with Crippen molar-refractivity contribution >= 4 is 11.6 Å². The number of rotatable bonds is 4. The fraction of sp³-hybridized carbons (Fsp3) is 0.714. The highest BCUT2D eigenvalue weighted by Crippen LogP contribution is 2.27. The van der Waals surface area contributed by atoms with E-state index < -0.39 is 0 Å². The number of hydrogen-bond donors (Lipinski definition) is 3. The lowest BCUT2D eigenvalue weighted by atomic mass is 9.85. The molecule has 19 heavy (non-hydrogen) atoms. The Hall–Kier alpha value is -1.36. The molecule has 1 heterocycles. The van der Waals surface area contributed by atoms with E-state index in [2.05, 4.69) is 29.1 Å². The van der Waals surface area contributed by atoms with Crippen molar-refractivity contribution < 1.29 is 5.11 Å². The predicted octanol–water partition coefficient (Wildman–Crippen LogP) is 2.15. The highest BCUT2D eigenvalue weighted by Gasteiger charge is 2.24. The lowest BCUT2D eigenvalue weighted by molar-refractivity contribution is 0.178. The summed E-state index contributed by atoms with van der Waals surface area (Å²) in [6.45, 7) is 4.33. The zero-order valence-electron chi connectivity index (χ0n) is 11.8. The highest BCUT2D eigenvalue weighted by molar-refractivity contribution is 5.45. The van der Waals surface area contributed by atoms with Gasteiger partial charge in [0.15, 0.2) is 0 Å². The van der Waals surface area contributed by atoms with E-state index in [1.165, 1.54) is 12.8 Å². The van der Waals surface area contributed by atoms with Gasteiger partial charge in [-0.15, -0.1) is 0 Å². The van der Waals surface area contributed by atoms with Crippen LogP contribution < -0.4 is 11.1 Å². The smallest absolute Gasteiger partial charge is 0.135 e. The van der Waals surface area contributed by atoms with Gasteiger partial charge in [-0.2, -0.15) is 0 Å². The van der Waals surface area contributed by atoms with E-state index in [4.69, 9.17) is 5.73 Å². The number of nitrogen functional groups attached to an aromatic ring is 1. The largest absolute Gasteiger partial charge is 0.396 e. The van der Waals surface area contributed by atoms with Crippen LogP contribution in [0.5, 0.6) is 0 Å². The van der Waals surface area contributed by atoms with Gasteiger partial charge in [0.05, 0.1) is 0 Å². The van der Waals surface area contributed by atoms with Crippen LogP contribution >= 0.6 is 0 Å². The van der Waals surface area contributed by atoms with Gasteiger partial charge in [0.25, 0.3) is 0 Å². The van der Waals surface area contributed by atoms with Crippen LogP contribution in [-0.2, 0) is 0 Å². The second-order valence-corrected chi connectivity index (χ2v) is 5.67. The molecule has 1 fully saturated rings. The van der Waals surface area contributed by atoms with Crippen LogP contribution in [-0.4, -0.2) is 27.7 Å². The molecule has 0 aliphatic heterocycles. The van der Waals surface area contributed by atoms with E-state index >= 15 is 0 Å². The number of aromatic nitrogens is 2. The molecule has 0 amide bonds. The molecular weight excluding hydrogens is 240 g/mol. The van der Waals surface area contributed by atoms with Crippen molar-refractivity contribution in [2.24, 2.45) is 5.92 Å². The molecule has 0 aromatic carbocycles. The summed E-state index contributed by atoms with van der Waals surface area (Å²) in [7, 11) is 0. The van der Waals surface area contributed by atoms with E-state index in [-0.39, 0.29) is 18.6 Å². The molecule has 0 bridgehead atoms. The van der Waals surface area contributed by atoms with Crippen LogP contribution in [0.25, 0.3) is 0 Å². The zero-order chi connectivity index (χ0) is 13.8. The van der Waals surface area contributed by atoms with Crippen molar-refractivity contribution in [2.75, 3.05) is 17.7 Å². The molecule has 1 aliphatic rings. The van der Waals surface area contributed by atoms with Crippen LogP contribution in [0.2, 0.25) is 0 Å². The van der Waals surface area contributed by atoms with E-state index in [1.807, 2.05) is 0 Å². The Morgan fingerprint density at radius 2 is 2.11 bits per heavy atom. The lowest BCUT2D eigenvalue weighted by Gasteiger charge is -2.31. The third-order valence-electron chi connectivity index (χ3n) is 3.76. The van der Waals surface area contributed by atoms with Crippen molar-refractivity contribution in [3.63, 3.8) is 0 Å². The summed E-state index contributed by atoms with van der Waals surface area (Å²) in [4.78, 5) is 8.75. The second-order valence-electron chi connectivity index (χ2n) is 5.67. The van der Waals surface area contributed by atoms with Gasteiger partial charge in [-0.3, -0.25) is 0 Å². The maximum atomic E-state index is 9.44. The van der Waals surface area contributed by atoms with Crippen molar-refractivity contribution in [3.05, 3.63) is 11.9 Å². The van der Waals surface area contributed by atoms with Crippen LogP contribution in [0.3, 0.4) is 0 Å². The van der Waals surface area contributed by atoms with Gasteiger partial charge in [-0.1, -0.05) is 26.7 Å². The molecule has 0 saturated heterocycles. The summed E-state index contributed by atoms with van der Waals surface area (Å²) in [5.74, 6) is 2.61. The van der Waals surface area contributed by atoms with Crippen LogP contribution in [0, 0.1) is 5.92 Å². The molecule has 1 aromatic heterocycles. The Balaban J connectivity index is 2.13. The summed E-state index contributed by atoms with van der Waals surface area (Å²) < 4.78 is 0. The maximum Gasteiger partial charge on any atom is 0.135 e. The molecule has 1 aromatic rings. The Labute approximate surface area is 114 Å². The summed E-state index contributed by atoms with van der Waals surface area (Å²) >= 11 is 0. The first kappa shape index (κ1) is 14.1. The van der Waals surface area contributed by atoms with Gasteiger partial charge in [0, 0.05) is 30.6 Å². The fourth-order valence-electron chi connectivity index (χ4n) is 2.62. The van der Waals surface area contributed by atoms with Crippen molar-refractivity contribution in [3.8, 4) is 0 Å². The molecular formula is C14H24N4O. The minimum absolute atomic E-state index is 0.231. The number of hydrogen-bond acceptors (Lipinski definition) is 5. The molecule has 1 saturated carbocycles. The van der Waals surface area contributed by atoms with Crippen LogP contribution in [0.15, 0.2) is 6.07 Å². The first-order chi connectivity index (χ1) is 9.10. The first-order valence-electron chi connectivity index (χ1n) is 7.12. The summed E-state index contributed by atoms with van der Waals surface area (Å²) in [6, 6.07) is 2.06. The highest BCUT2D eigenvalue weighted by atomic mass is 16.3. The number of aliphatic hydroxyl groups is 1. The molecule has 2 atom stereocenters. The number of aliphatic hydroxyl groups excluding tert-OH is 1. The average Bonchev–Trinajstić information content (AvgIpc) is 2.38. The maximum absolute atomic E-state index is 9.44. The Morgan fingerprint density at radius 3 is 2.79 bits per heavy atom. The number of nitrogens with zero attached hydrogens (tertiary/aromatic N) is 2. The molecule has 2 rings (SSSR count). The third-order valence-corrected chi connectivity index (χ3v) is 3.76. The van der Waals surface area contributed by atoms with E-state index in [0.717, 1.165) is 24.5 Å². The first-order valence-corrected chi connectivity index (χ1v) is 7.12. The SMILES string of the molecule is CC(C)c1nc(N)cc(NC2CCCCC2CO)n1. The summed E-state index contributed by atoms with van der Waals surface area (Å²) in [5.41, 5.74) is 5.83.